The molecule has 2 N–H and O–H groups in total. The van der Waals surface area contributed by atoms with Crippen LogP contribution in [0.25, 0.3) is 0 Å². The molecule has 0 saturated heterocycles. The third kappa shape index (κ3) is 5.98. The fourth-order valence-corrected chi connectivity index (χ4v) is 3.79. The number of hydrogen-bond acceptors (Lipinski definition) is 4. The van der Waals surface area contributed by atoms with Gasteiger partial charge in [-0.15, -0.1) is 0 Å². The van der Waals surface area contributed by atoms with Gasteiger partial charge in [0.1, 0.15) is 0 Å². The topological polar surface area (TPSA) is 58.2 Å². The first-order chi connectivity index (χ1) is 10.0. The molecule has 0 amide bonds. The monoisotopic (exact) mass is 330 g/mol. The molecule has 0 radical (unpaired) electrons. The van der Waals surface area contributed by atoms with Gasteiger partial charge in [0.15, 0.2) is 0 Å². The average molecular weight is 331 g/mol. The Labute approximate surface area is 133 Å². The van der Waals surface area contributed by atoms with E-state index in [9.17, 15) is 8.42 Å². The van der Waals surface area contributed by atoms with E-state index < -0.39 is 10.0 Å². The summed E-state index contributed by atoms with van der Waals surface area (Å²) in [6.07, 6.45) is 4.87. The van der Waals surface area contributed by atoms with Gasteiger partial charge in [0.2, 0.25) is 10.0 Å². The standard InChI is InChI=1S/C15H26N2O2S2/c1-4-15(16-2)13-8-7-9-14(12-13)21(18,19)17-10-5-6-11-20-3/h7-9,12,15-17H,4-6,10-11H2,1-3H3. The van der Waals surface area contributed by atoms with Gasteiger partial charge < -0.3 is 5.32 Å². The normalized spacial score (nSPS) is 13.3. The van der Waals surface area contributed by atoms with E-state index in [1.165, 1.54) is 0 Å². The fourth-order valence-electron chi connectivity index (χ4n) is 2.17. The summed E-state index contributed by atoms with van der Waals surface area (Å²) in [5, 5.41) is 3.20. The molecule has 1 aromatic rings. The zero-order valence-corrected chi connectivity index (χ0v) is 14.7. The van der Waals surface area contributed by atoms with Crippen molar-refractivity contribution in [3.63, 3.8) is 0 Å². The maximum Gasteiger partial charge on any atom is 0.240 e. The lowest BCUT2D eigenvalue weighted by atomic mass is 10.1. The largest absolute Gasteiger partial charge is 0.313 e. The van der Waals surface area contributed by atoms with Gasteiger partial charge in [0, 0.05) is 12.6 Å². The number of sulfonamides is 1. The Bertz CT molecular complexity index is 514. The molecular formula is C15H26N2O2S2. The van der Waals surface area contributed by atoms with Gasteiger partial charge in [-0.05, 0) is 56.0 Å². The SMILES string of the molecule is CCC(NC)c1cccc(S(=O)(=O)NCCCCSC)c1. The molecule has 6 heteroatoms. The number of unbranched alkanes of at least 4 members (excludes halogenated alkanes) is 1. The Balaban J connectivity index is 2.72. The minimum Gasteiger partial charge on any atom is -0.313 e. The van der Waals surface area contributed by atoms with Crippen molar-refractivity contribution in [1.82, 2.24) is 10.0 Å². The van der Waals surface area contributed by atoms with E-state index in [2.05, 4.69) is 23.2 Å². The van der Waals surface area contributed by atoms with Crippen LogP contribution >= 0.6 is 11.8 Å². The lowest BCUT2D eigenvalue weighted by molar-refractivity contribution is 0.569. The van der Waals surface area contributed by atoms with E-state index in [0.29, 0.717) is 11.4 Å². The van der Waals surface area contributed by atoms with Crippen LogP contribution in [-0.2, 0) is 10.0 Å². The molecule has 1 rings (SSSR count). The second kappa shape index (κ2) is 9.46. The summed E-state index contributed by atoms with van der Waals surface area (Å²) >= 11 is 1.78. The van der Waals surface area contributed by atoms with Gasteiger partial charge in [-0.2, -0.15) is 11.8 Å². The van der Waals surface area contributed by atoms with E-state index in [1.807, 2.05) is 13.1 Å². The Kier molecular flexibility index (Phi) is 8.33. The summed E-state index contributed by atoms with van der Waals surface area (Å²) in [6, 6.07) is 7.35. The van der Waals surface area contributed by atoms with E-state index >= 15 is 0 Å². The number of thioether (sulfide) groups is 1. The van der Waals surface area contributed by atoms with E-state index in [1.54, 1.807) is 30.0 Å². The van der Waals surface area contributed by atoms with Crippen molar-refractivity contribution in [3.05, 3.63) is 29.8 Å². The highest BCUT2D eigenvalue weighted by Crippen LogP contribution is 2.19. The highest BCUT2D eigenvalue weighted by atomic mass is 32.2. The molecule has 120 valence electrons. The highest BCUT2D eigenvalue weighted by molar-refractivity contribution is 7.98. The summed E-state index contributed by atoms with van der Waals surface area (Å²) in [5.74, 6) is 1.07. The summed E-state index contributed by atoms with van der Waals surface area (Å²) in [6.45, 7) is 2.57. The van der Waals surface area contributed by atoms with Crippen LogP contribution in [0.4, 0.5) is 0 Å². The molecule has 1 unspecified atom stereocenters. The first-order valence-electron chi connectivity index (χ1n) is 7.31. The second-order valence-electron chi connectivity index (χ2n) is 4.92. The number of benzene rings is 1. The van der Waals surface area contributed by atoms with Crippen molar-refractivity contribution in [1.29, 1.82) is 0 Å². The summed E-state index contributed by atoms with van der Waals surface area (Å²) < 4.78 is 27.2. The Hall–Kier alpha value is -0.560. The van der Waals surface area contributed by atoms with Crippen LogP contribution in [0, 0.1) is 0 Å². The predicted molar refractivity (Wildman–Crippen MR) is 91.3 cm³/mol. The van der Waals surface area contributed by atoms with Gasteiger partial charge in [-0.3, -0.25) is 0 Å². The average Bonchev–Trinajstić information content (AvgIpc) is 2.48. The predicted octanol–water partition coefficient (Wildman–Crippen LogP) is 2.78. The zero-order valence-electron chi connectivity index (χ0n) is 13.1. The maximum absolute atomic E-state index is 12.3. The van der Waals surface area contributed by atoms with E-state index in [4.69, 9.17) is 0 Å². The molecule has 0 heterocycles. The zero-order chi connectivity index (χ0) is 15.7. The minimum atomic E-state index is -3.40. The molecule has 0 aromatic heterocycles. The lowest BCUT2D eigenvalue weighted by Crippen LogP contribution is -2.25. The molecule has 0 fully saturated rings. The lowest BCUT2D eigenvalue weighted by Gasteiger charge is -2.15. The first-order valence-corrected chi connectivity index (χ1v) is 10.2. The molecule has 0 aliphatic rings. The van der Waals surface area contributed by atoms with Gasteiger partial charge in [-0.1, -0.05) is 19.1 Å². The molecule has 0 bridgehead atoms. The maximum atomic E-state index is 12.3. The Morgan fingerprint density at radius 3 is 2.67 bits per heavy atom. The molecule has 0 aliphatic carbocycles. The molecule has 0 spiro atoms. The second-order valence-corrected chi connectivity index (χ2v) is 7.67. The van der Waals surface area contributed by atoms with Crippen LogP contribution in [0.1, 0.15) is 37.8 Å². The third-order valence-electron chi connectivity index (χ3n) is 3.39. The molecule has 21 heavy (non-hydrogen) atoms. The molecule has 4 nitrogen and oxygen atoms in total. The third-order valence-corrected chi connectivity index (χ3v) is 5.55. The van der Waals surface area contributed by atoms with Crippen LogP contribution in [0.3, 0.4) is 0 Å². The Morgan fingerprint density at radius 1 is 1.29 bits per heavy atom. The van der Waals surface area contributed by atoms with Crippen molar-refractivity contribution in [2.24, 2.45) is 0 Å². The highest BCUT2D eigenvalue weighted by Gasteiger charge is 2.15. The molecular weight excluding hydrogens is 304 g/mol. The fraction of sp³-hybridized carbons (Fsp3) is 0.600. The molecule has 0 aliphatic heterocycles. The van der Waals surface area contributed by atoms with Crippen LogP contribution in [-0.4, -0.2) is 34.0 Å². The van der Waals surface area contributed by atoms with Gasteiger partial charge in [0.05, 0.1) is 4.90 Å². The van der Waals surface area contributed by atoms with Gasteiger partial charge in [0.25, 0.3) is 0 Å². The van der Waals surface area contributed by atoms with Crippen molar-refractivity contribution in [3.8, 4) is 0 Å². The summed E-state index contributed by atoms with van der Waals surface area (Å²) in [5.41, 5.74) is 1.00. The van der Waals surface area contributed by atoms with Crippen LogP contribution < -0.4 is 10.0 Å². The van der Waals surface area contributed by atoms with Crippen LogP contribution in [0.5, 0.6) is 0 Å². The first kappa shape index (κ1) is 18.5. The van der Waals surface area contributed by atoms with Crippen molar-refractivity contribution in [2.45, 2.75) is 37.1 Å². The van der Waals surface area contributed by atoms with Crippen molar-refractivity contribution < 1.29 is 8.42 Å². The summed E-state index contributed by atoms with van der Waals surface area (Å²) in [4.78, 5) is 0.346. The summed E-state index contributed by atoms with van der Waals surface area (Å²) in [7, 11) is -1.52. The smallest absolute Gasteiger partial charge is 0.240 e. The van der Waals surface area contributed by atoms with Crippen LogP contribution in [0.15, 0.2) is 29.2 Å². The van der Waals surface area contributed by atoms with Crippen molar-refractivity contribution in [2.75, 3.05) is 25.6 Å². The Morgan fingerprint density at radius 2 is 2.05 bits per heavy atom. The van der Waals surface area contributed by atoms with E-state index in [0.717, 1.165) is 30.6 Å². The number of nitrogens with one attached hydrogen (secondary N) is 2. The van der Waals surface area contributed by atoms with Gasteiger partial charge in [-0.25, -0.2) is 13.1 Å². The van der Waals surface area contributed by atoms with Crippen molar-refractivity contribution >= 4 is 21.8 Å². The van der Waals surface area contributed by atoms with Crippen LogP contribution in [0.2, 0.25) is 0 Å². The molecule has 0 saturated carbocycles. The van der Waals surface area contributed by atoms with E-state index in [-0.39, 0.29) is 6.04 Å². The van der Waals surface area contributed by atoms with Gasteiger partial charge >= 0.3 is 0 Å². The quantitative estimate of drug-likeness (QED) is 0.648. The molecule has 1 atom stereocenters. The number of rotatable bonds is 10. The molecule has 1 aromatic carbocycles. The minimum absolute atomic E-state index is 0.182. The number of hydrogen-bond donors (Lipinski definition) is 2.